The third-order valence-electron chi connectivity index (χ3n) is 4.91. The number of rotatable bonds is 8. The molecule has 2 N–H and O–H groups in total. The number of aromatic amines is 1. The van der Waals surface area contributed by atoms with E-state index >= 15 is 0 Å². The SMILES string of the molecule is Cc1ccc(C)c(Oc2ccc(CNC(=O)CCn3c(-c4cccs4)n[nH]c3=S)cn2)c1. The van der Waals surface area contributed by atoms with Crippen LogP contribution in [0.1, 0.15) is 23.1 Å². The Balaban J connectivity index is 1.30. The molecule has 0 atom stereocenters. The van der Waals surface area contributed by atoms with Gasteiger partial charge >= 0.3 is 0 Å². The molecule has 164 valence electrons. The lowest BCUT2D eigenvalue weighted by Gasteiger charge is -2.10. The molecule has 0 fully saturated rings. The zero-order chi connectivity index (χ0) is 22.5. The third kappa shape index (κ3) is 5.30. The Labute approximate surface area is 195 Å². The molecule has 32 heavy (non-hydrogen) atoms. The van der Waals surface area contributed by atoms with Crippen molar-refractivity contribution in [2.45, 2.75) is 33.4 Å². The lowest BCUT2D eigenvalue weighted by molar-refractivity contribution is -0.121. The van der Waals surface area contributed by atoms with Crippen LogP contribution in [0.25, 0.3) is 10.7 Å². The normalized spacial score (nSPS) is 10.8. The summed E-state index contributed by atoms with van der Waals surface area (Å²) in [4.78, 5) is 17.7. The standard InChI is InChI=1S/C23H23N5O2S2/c1-15-5-6-16(2)18(12-15)30-21-8-7-17(14-25-21)13-24-20(29)9-10-28-22(26-27-23(28)31)19-4-3-11-32-19/h3-8,11-12,14H,9-10,13H2,1-2H3,(H,24,29)(H,27,31). The predicted octanol–water partition coefficient (Wildman–Crippen LogP) is 5.18. The van der Waals surface area contributed by atoms with Gasteiger partial charge in [-0.2, -0.15) is 5.10 Å². The average Bonchev–Trinajstić information content (AvgIpc) is 3.44. The first kappa shape index (κ1) is 21.9. The first-order valence-electron chi connectivity index (χ1n) is 10.2. The first-order chi connectivity index (χ1) is 15.5. The van der Waals surface area contributed by atoms with E-state index in [0.717, 1.165) is 33.1 Å². The minimum Gasteiger partial charge on any atom is -0.439 e. The Kier molecular flexibility index (Phi) is 6.77. The second-order valence-corrected chi connectivity index (χ2v) is 8.72. The molecule has 0 bridgehead atoms. The lowest BCUT2D eigenvalue weighted by Crippen LogP contribution is -2.24. The van der Waals surface area contributed by atoms with E-state index in [1.807, 2.05) is 60.2 Å². The number of nitrogens with zero attached hydrogens (tertiary/aromatic N) is 3. The van der Waals surface area contributed by atoms with Crippen LogP contribution >= 0.6 is 23.6 Å². The van der Waals surface area contributed by atoms with E-state index in [1.165, 1.54) is 0 Å². The van der Waals surface area contributed by atoms with E-state index in [0.29, 0.717) is 30.2 Å². The van der Waals surface area contributed by atoms with E-state index in [2.05, 4.69) is 20.5 Å². The van der Waals surface area contributed by atoms with Crippen LogP contribution in [0.5, 0.6) is 11.6 Å². The molecule has 0 saturated carbocycles. The Morgan fingerprint density at radius 2 is 2.12 bits per heavy atom. The summed E-state index contributed by atoms with van der Waals surface area (Å²) < 4.78 is 8.24. The molecule has 0 aliphatic carbocycles. The number of benzene rings is 1. The molecule has 0 spiro atoms. The third-order valence-corrected chi connectivity index (χ3v) is 6.09. The summed E-state index contributed by atoms with van der Waals surface area (Å²) in [5.74, 6) is 1.99. The van der Waals surface area contributed by atoms with E-state index < -0.39 is 0 Å². The van der Waals surface area contributed by atoms with Gasteiger partial charge in [0.05, 0.1) is 4.88 Å². The van der Waals surface area contributed by atoms with Crippen LogP contribution in [0.15, 0.2) is 54.0 Å². The average molecular weight is 466 g/mol. The molecule has 3 aromatic heterocycles. The largest absolute Gasteiger partial charge is 0.439 e. The summed E-state index contributed by atoms with van der Waals surface area (Å²) in [6.07, 6.45) is 2.01. The molecule has 0 aliphatic rings. The van der Waals surface area contributed by atoms with Crippen molar-refractivity contribution >= 4 is 29.5 Å². The fraction of sp³-hybridized carbons (Fsp3) is 0.217. The number of pyridine rings is 1. The second-order valence-electron chi connectivity index (χ2n) is 7.38. The predicted molar refractivity (Wildman–Crippen MR) is 127 cm³/mol. The molecule has 1 aromatic carbocycles. The Bertz CT molecular complexity index is 1260. The molecule has 1 amide bonds. The number of aryl methyl sites for hydroxylation is 2. The maximum Gasteiger partial charge on any atom is 0.222 e. The van der Waals surface area contributed by atoms with Gasteiger partial charge in [0.25, 0.3) is 0 Å². The number of aromatic nitrogens is 4. The molecule has 9 heteroatoms. The number of carbonyl (C=O) groups excluding carboxylic acids is 1. The number of carbonyl (C=O) groups is 1. The van der Waals surface area contributed by atoms with Gasteiger partial charge in [0.15, 0.2) is 10.6 Å². The zero-order valence-corrected chi connectivity index (χ0v) is 19.4. The Morgan fingerprint density at radius 1 is 1.25 bits per heavy atom. The number of amides is 1. The van der Waals surface area contributed by atoms with Crippen LogP contribution in [0.2, 0.25) is 0 Å². The number of thiophene rings is 1. The Morgan fingerprint density at radius 3 is 2.88 bits per heavy atom. The van der Waals surface area contributed by atoms with Gasteiger partial charge < -0.3 is 10.1 Å². The summed E-state index contributed by atoms with van der Waals surface area (Å²) in [7, 11) is 0. The molecule has 0 saturated heterocycles. The van der Waals surface area contributed by atoms with Gasteiger partial charge in [-0.25, -0.2) is 4.98 Å². The maximum atomic E-state index is 12.4. The first-order valence-corrected chi connectivity index (χ1v) is 11.4. The highest BCUT2D eigenvalue weighted by Crippen LogP contribution is 2.25. The van der Waals surface area contributed by atoms with Crippen molar-refractivity contribution in [1.82, 2.24) is 25.1 Å². The van der Waals surface area contributed by atoms with E-state index in [9.17, 15) is 4.79 Å². The molecule has 7 nitrogen and oxygen atoms in total. The van der Waals surface area contributed by atoms with Gasteiger partial charge in [0.2, 0.25) is 11.8 Å². The maximum absolute atomic E-state index is 12.4. The number of nitrogens with one attached hydrogen (secondary N) is 2. The van der Waals surface area contributed by atoms with Gasteiger partial charge in [-0.3, -0.25) is 14.5 Å². The highest BCUT2D eigenvalue weighted by Gasteiger charge is 2.11. The zero-order valence-electron chi connectivity index (χ0n) is 17.8. The summed E-state index contributed by atoms with van der Waals surface area (Å²) >= 11 is 6.89. The summed E-state index contributed by atoms with van der Waals surface area (Å²) in [6, 6.07) is 13.7. The molecule has 0 aliphatic heterocycles. The van der Waals surface area contributed by atoms with Gasteiger partial charge in [0, 0.05) is 31.8 Å². The van der Waals surface area contributed by atoms with Crippen molar-refractivity contribution in [2.24, 2.45) is 0 Å². The second kappa shape index (κ2) is 9.88. The fourth-order valence-electron chi connectivity index (χ4n) is 3.13. The van der Waals surface area contributed by atoms with E-state index in [4.69, 9.17) is 17.0 Å². The van der Waals surface area contributed by atoms with Gasteiger partial charge in [-0.15, -0.1) is 11.3 Å². The molecular weight excluding hydrogens is 442 g/mol. The molecular formula is C23H23N5O2S2. The molecule has 4 rings (SSSR count). The van der Waals surface area contributed by atoms with Gasteiger partial charge in [-0.1, -0.05) is 24.3 Å². The van der Waals surface area contributed by atoms with Crippen molar-refractivity contribution in [3.05, 3.63) is 75.5 Å². The van der Waals surface area contributed by atoms with Crippen LogP contribution < -0.4 is 10.1 Å². The minimum atomic E-state index is -0.0686. The van der Waals surface area contributed by atoms with Crippen LogP contribution in [-0.2, 0) is 17.9 Å². The molecule has 3 heterocycles. The summed E-state index contributed by atoms with van der Waals surface area (Å²) in [6.45, 7) is 4.87. The van der Waals surface area contributed by atoms with E-state index in [-0.39, 0.29) is 5.91 Å². The van der Waals surface area contributed by atoms with Gasteiger partial charge in [-0.05, 0) is 60.3 Å². The number of hydrogen-bond acceptors (Lipinski definition) is 6. The summed E-state index contributed by atoms with van der Waals surface area (Å²) in [5.41, 5.74) is 3.07. The number of H-pyrrole nitrogens is 1. The molecule has 0 radical (unpaired) electrons. The lowest BCUT2D eigenvalue weighted by atomic mass is 10.1. The summed E-state index contributed by atoms with van der Waals surface area (Å²) in [5, 5.41) is 12.0. The van der Waals surface area contributed by atoms with Crippen molar-refractivity contribution in [3.8, 4) is 22.3 Å². The monoisotopic (exact) mass is 465 g/mol. The topological polar surface area (TPSA) is 84.8 Å². The van der Waals surface area contributed by atoms with Gasteiger partial charge in [0.1, 0.15) is 5.75 Å². The van der Waals surface area contributed by atoms with Crippen molar-refractivity contribution < 1.29 is 9.53 Å². The van der Waals surface area contributed by atoms with Crippen molar-refractivity contribution in [3.63, 3.8) is 0 Å². The minimum absolute atomic E-state index is 0.0686. The molecule has 0 unspecified atom stereocenters. The highest BCUT2D eigenvalue weighted by atomic mass is 32.1. The van der Waals surface area contributed by atoms with E-state index in [1.54, 1.807) is 23.6 Å². The van der Waals surface area contributed by atoms with Crippen molar-refractivity contribution in [2.75, 3.05) is 0 Å². The van der Waals surface area contributed by atoms with Crippen LogP contribution in [0, 0.1) is 18.6 Å². The van der Waals surface area contributed by atoms with Crippen LogP contribution in [0.3, 0.4) is 0 Å². The quantitative estimate of drug-likeness (QED) is 0.350. The fourth-order valence-corrected chi connectivity index (χ4v) is 4.07. The highest BCUT2D eigenvalue weighted by molar-refractivity contribution is 7.71. The van der Waals surface area contributed by atoms with Crippen LogP contribution in [-0.4, -0.2) is 25.7 Å². The number of ether oxygens (including phenoxy) is 1. The van der Waals surface area contributed by atoms with Crippen molar-refractivity contribution in [1.29, 1.82) is 0 Å². The number of hydrogen-bond donors (Lipinski definition) is 2. The van der Waals surface area contributed by atoms with Crippen LogP contribution in [0.4, 0.5) is 0 Å². The Hall–Kier alpha value is -3.30. The molecule has 4 aromatic rings. The smallest absolute Gasteiger partial charge is 0.222 e.